The summed E-state index contributed by atoms with van der Waals surface area (Å²) in [4.78, 5) is 6.79. The van der Waals surface area contributed by atoms with Gasteiger partial charge in [0, 0.05) is 45.5 Å². The van der Waals surface area contributed by atoms with Crippen LogP contribution in [0.25, 0.3) is 0 Å². The molecule has 2 N–H and O–H groups in total. The van der Waals surface area contributed by atoms with Crippen molar-refractivity contribution in [2.24, 2.45) is 4.99 Å². The fourth-order valence-electron chi connectivity index (χ4n) is 2.88. The summed E-state index contributed by atoms with van der Waals surface area (Å²) in [6.45, 7) is 13.1. The third-order valence-electron chi connectivity index (χ3n) is 4.04. The Morgan fingerprint density at radius 1 is 1.42 bits per heavy atom. The van der Waals surface area contributed by atoms with Crippen LogP contribution in [0.1, 0.15) is 25.3 Å². The fourth-order valence-corrected chi connectivity index (χ4v) is 2.88. The third kappa shape index (κ3) is 7.21. The standard InChI is InChI=1S/C17H30N6.HI/c1-14(2)12-22-8-5-16(6-9-22)21-17(18-4)19-7-10-23-13-15(3)11-20-23;/h11,13,16H,1,5-10,12H2,2-4H3,(H2,18,19,21);1H. The Labute approximate surface area is 162 Å². The van der Waals surface area contributed by atoms with Crippen LogP contribution in [-0.2, 0) is 6.54 Å². The number of nitrogens with one attached hydrogen (secondary N) is 2. The van der Waals surface area contributed by atoms with Crippen LogP contribution in [-0.4, -0.2) is 59.9 Å². The third-order valence-corrected chi connectivity index (χ3v) is 4.04. The normalized spacial score (nSPS) is 16.5. The number of aliphatic imine (C=N–C) groups is 1. The highest BCUT2D eigenvalue weighted by Crippen LogP contribution is 2.11. The van der Waals surface area contributed by atoms with E-state index in [4.69, 9.17) is 0 Å². The van der Waals surface area contributed by atoms with E-state index in [9.17, 15) is 0 Å². The molecule has 2 heterocycles. The van der Waals surface area contributed by atoms with Crippen molar-refractivity contribution in [3.05, 3.63) is 30.1 Å². The molecule has 0 bridgehead atoms. The number of likely N-dealkylation sites (tertiary alicyclic amines) is 1. The van der Waals surface area contributed by atoms with Gasteiger partial charge in [-0.05, 0) is 32.3 Å². The smallest absolute Gasteiger partial charge is 0.191 e. The van der Waals surface area contributed by atoms with Gasteiger partial charge in [-0.1, -0.05) is 12.2 Å². The molecule has 7 heteroatoms. The van der Waals surface area contributed by atoms with Crippen LogP contribution in [0.5, 0.6) is 0 Å². The zero-order valence-corrected chi connectivity index (χ0v) is 17.4. The Morgan fingerprint density at radius 2 is 2.12 bits per heavy atom. The lowest BCUT2D eigenvalue weighted by molar-refractivity contribution is 0.221. The van der Waals surface area contributed by atoms with Crippen LogP contribution >= 0.6 is 24.0 Å². The number of hydrogen-bond acceptors (Lipinski definition) is 3. The molecule has 1 aromatic rings. The lowest BCUT2D eigenvalue weighted by Crippen LogP contribution is -2.49. The SMILES string of the molecule is C=C(C)CN1CCC(NC(=NC)NCCn2cc(C)cn2)CC1.I. The predicted octanol–water partition coefficient (Wildman–Crippen LogP) is 2.02. The van der Waals surface area contributed by atoms with E-state index < -0.39 is 0 Å². The molecule has 1 fully saturated rings. The highest BCUT2D eigenvalue weighted by atomic mass is 127. The molecular formula is C17H31IN6. The van der Waals surface area contributed by atoms with E-state index >= 15 is 0 Å². The van der Waals surface area contributed by atoms with Gasteiger partial charge in [-0.3, -0.25) is 14.6 Å². The fraction of sp³-hybridized carbons (Fsp3) is 0.647. The summed E-state index contributed by atoms with van der Waals surface area (Å²) in [6, 6.07) is 0.495. The first-order chi connectivity index (χ1) is 11.1. The van der Waals surface area contributed by atoms with Gasteiger partial charge in [-0.15, -0.1) is 24.0 Å². The molecule has 0 spiro atoms. The Morgan fingerprint density at radius 3 is 2.67 bits per heavy atom. The van der Waals surface area contributed by atoms with Gasteiger partial charge in [0.05, 0.1) is 12.7 Å². The van der Waals surface area contributed by atoms with Crippen molar-refractivity contribution < 1.29 is 0 Å². The van der Waals surface area contributed by atoms with E-state index in [1.165, 1.54) is 11.1 Å². The van der Waals surface area contributed by atoms with E-state index in [1.54, 1.807) is 0 Å². The number of halogens is 1. The largest absolute Gasteiger partial charge is 0.355 e. The van der Waals surface area contributed by atoms with Crippen LogP contribution in [0.15, 0.2) is 29.5 Å². The number of nitrogens with zero attached hydrogens (tertiary/aromatic N) is 4. The number of rotatable bonds is 6. The van der Waals surface area contributed by atoms with Crippen molar-refractivity contribution in [3.8, 4) is 0 Å². The van der Waals surface area contributed by atoms with Crippen molar-refractivity contribution >= 4 is 29.9 Å². The second-order valence-corrected chi connectivity index (χ2v) is 6.43. The monoisotopic (exact) mass is 446 g/mol. The summed E-state index contributed by atoms with van der Waals surface area (Å²) < 4.78 is 1.95. The van der Waals surface area contributed by atoms with E-state index in [2.05, 4.69) is 52.2 Å². The molecule has 6 nitrogen and oxygen atoms in total. The van der Waals surface area contributed by atoms with Gasteiger partial charge in [0.25, 0.3) is 0 Å². The maximum Gasteiger partial charge on any atom is 0.191 e. The van der Waals surface area contributed by atoms with Crippen LogP contribution in [0.3, 0.4) is 0 Å². The first-order valence-electron chi connectivity index (χ1n) is 8.40. The molecule has 1 aromatic heterocycles. The molecule has 0 radical (unpaired) electrons. The molecule has 0 amide bonds. The molecule has 1 aliphatic heterocycles. The minimum Gasteiger partial charge on any atom is -0.355 e. The molecular weight excluding hydrogens is 415 g/mol. The summed E-state index contributed by atoms with van der Waals surface area (Å²) in [6.07, 6.45) is 6.22. The number of piperidine rings is 1. The van der Waals surface area contributed by atoms with Gasteiger partial charge in [-0.2, -0.15) is 5.10 Å². The topological polar surface area (TPSA) is 57.5 Å². The zero-order valence-electron chi connectivity index (χ0n) is 15.1. The van der Waals surface area contributed by atoms with E-state index in [1.807, 2.05) is 17.9 Å². The van der Waals surface area contributed by atoms with Crippen molar-refractivity contribution in [1.82, 2.24) is 25.3 Å². The Kier molecular flexibility index (Phi) is 9.35. The van der Waals surface area contributed by atoms with Gasteiger partial charge in [-0.25, -0.2) is 0 Å². The summed E-state index contributed by atoms with van der Waals surface area (Å²) in [5, 5.41) is 11.2. The maximum atomic E-state index is 4.32. The van der Waals surface area contributed by atoms with Crippen molar-refractivity contribution in [2.75, 3.05) is 33.2 Å². The summed E-state index contributed by atoms with van der Waals surface area (Å²) >= 11 is 0. The first kappa shape index (κ1) is 21.0. The molecule has 0 aliphatic carbocycles. The second-order valence-electron chi connectivity index (χ2n) is 6.43. The van der Waals surface area contributed by atoms with Crippen molar-refractivity contribution in [3.63, 3.8) is 0 Å². The molecule has 24 heavy (non-hydrogen) atoms. The zero-order chi connectivity index (χ0) is 16.7. The van der Waals surface area contributed by atoms with Crippen LogP contribution in [0, 0.1) is 6.92 Å². The quantitative estimate of drug-likeness (QED) is 0.304. The highest BCUT2D eigenvalue weighted by Gasteiger charge is 2.19. The van der Waals surface area contributed by atoms with Gasteiger partial charge >= 0.3 is 0 Å². The summed E-state index contributed by atoms with van der Waals surface area (Å²) in [5.74, 6) is 0.882. The van der Waals surface area contributed by atoms with Crippen LogP contribution < -0.4 is 10.6 Å². The van der Waals surface area contributed by atoms with Crippen molar-refractivity contribution in [1.29, 1.82) is 0 Å². The van der Waals surface area contributed by atoms with Crippen molar-refractivity contribution in [2.45, 2.75) is 39.3 Å². The van der Waals surface area contributed by atoms with E-state index in [0.29, 0.717) is 6.04 Å². The molecule has 2 rings (SSSR count). The molecule has 1 aliphatic rings. The number of guanidine groups is 1. The molecule has 0 unspecified atom stereocenters. The minimum absolute atomic E-state index is 0. The van der Waals surface area contributed by atoms with E-state index in [0.717, 1.165) is 51.5 Å². The van der Waals surface area contributed by atoms with Gasteiger partial charge in [0.1, 0.15) is 0 Å². The molecule has 0 aromatic carbocycles. The second kappa shape index (κ2) is 10.7. The van der Waals surface area contributed by atoms with Gasteiger partial charge in [0.15, 0.2) is 5.96 Å². The van der Waals surface area contributed by atoms with E-state index in [-0.39, 0.29) is 24.0 Å². The average molecular weight is 446 g/mol. The van der Waals surface area contributed by atoms with Crippen LogP contribution in [0.2, 0.25) is 0 Å². The summed E-state index contributed by atoms with van der Waals surface area (Å²) in [5.41, 5.74) is 2.43. The van der Waals surface area contributed by atoms with Gasteiger partial charge < -0.3 is 10.6 Å². The molecule has 0 saturated carbocycles. The minimum atomic E-state index is 0. The lowest BCUT2D eigenvalue weighted by Gasteiger charge is -2.33. The maximum absolute atomic E-state index is 4.32. The predicted molar refractivity (Wildman–Crippen MR) is 111 cm³/mol. The molecule has 0 atom stereocenters. The average Bonchev–Trinajstić information content (AvgIpc) is 2.93. The highest BCUT2D eigenvalue weighted by molar-refractivity contribution is 14.0. The van der Waals surface area contributed by atoms with Crippen LogP contribution in [0.4, 0.5) is 0 Å². The lowest BCUT2D eigenvalue weighted by atomic mass is 10.0. The number of hydrogen-bond donors (Lipinski definition) is 2. The number of aryl methyl sites for hydroxylation is 1. The van der Waals surface area contributed by atoms with Gasteiger partial charge in [0.2, 0.25) is 0 Å². The molecule has 136 valence electrons. The Balaban J connectivity index is 0.00000288. The number of aromatic nitrogens is 2. The Hall–Kier alpha value is -1.09. The Bertz CT molecular complexity index is 531. The summed E-state index contributed by atoms with van der Waals surface area (Å²) in [7, 11) is 1.82. The first-order valence-corrected chi connectivity index (χ1v) is 8.40. The molecule has 1 saturated heterocycles.